The molecule has 4 heteroatoms. The summed E-state index contributed by atoms with van der Waals surface area (Å²) in [5, 5.41) is 3.49. The number of nitrogens with zero attached hydrogens (tertiary/aromatic N) is 1. The van der Waals surface area contributed by atoms with Crippen molar-refractivity contribution in [3.05, 3.63) is 35.9 Å². The van der Waals surface area contributed by atoms with Crippen molar-refractivity contribution in [2.75, 3.05) is 26.7 Å². The van der Waals surface area contributed by atoms with Crippen molar-refractivity contribution < 1.29 is 9.53 Å². The van der Waals surface area contributed by atoms with Crippen molar-refractivity contribution in [3.63, 3.8) is 0 Å². The van der Waals surface area contributed by atoms with Crippen LogP contribution in [-0.2, 0) is 16.0 Å². The second kappa shape index (κ2) is 7.26. The molecule has 0 spiro atoms. The topological polar surface area (TPSA) is 41.6 Å². The molecule has 0 bridgehead atoms. The fourth-order valence-electron chi connectivity index (χ4n) is 2.61. The third-order valence-corrected chi connectivity index (χ3v) is 3.56. The molecule has 1 N–H and O–H groups in total. The largest absolute Gasteiger partial charge is 0.464 e. The Morgan fingerprint density at radius 3 is 2.95 bits per heavy atom. The fourth-order valence-corrected chi connectivity index (χ4v) is 2.61. The maximum Gasteiger partial charge on any atom is 0.293 e. The van der Waals surface area contributed by atoms with Crippen LogP contribution in [-0.4, -0.2) is 50.2 Å². The van der Waals surface area contributed by atoms with Crippen LogP contribution in [0.4, 0.5) is 0 Å². The monoisotopic (exact) mass is 262 g/mol. The van der Waals surface area contributed by atoms with Gasteiger partial charge in [-0.05, 0) is 12.6 Å². The Balaban J connectivity index is 1.90. The predicted molar refractivity (Wildman–Crippen MR) is 75.0 cm³/mol. The number of hydrogen-bond donors (Lipinski definition) is 1. The number of likely N-dealkylation sites (N-methyl/N-ethyl adjacent to an activating group) is 1. The molecule has 0 aliphatic carbocycles. The first-order chi connectivity index (χ1) is 9.28. The van der Waals surface area contributed by atoms with Gasteiger partial charge in [-0.1, -0.05) is 30.3 Å². The molecule has 1 heterocycles. The molecule has 0 aromatic heterocycles. The van der Waals surface area contributed by atoms with Gasteiger partial charge in [0.05, 0.1) is 0 Å². The standard InChI is InChI=1S/C15H22N2O2/c1-17-8-7-16-14(11-17)10-15(19-12-18)9-13-5-3-2-4-6-13/h2-6,12,14-16H,7-11H2,1H3. The van der Waals surface area contributed by atoms with Gasteiger partial charge in [0.25, 0.3) is 6.47 Å². The minimum atomic E-state index is -0.0519. The van der Waals surface area contributed by atoms with Gasteiger partial charge in [0.2, 0.25) is 0 Å². The third-order valence-electron chi connectivity index (χ3n) is 3.56. The van der Waals surface area contributed by atoms with Gasteiger partial charge in [-0.15, -0.1) is 0 Å². The highest BCUT2D eigenvalue weighted by Crippen LogP contribution is 2.12. The molecule has 1 aliphatic heterocycles. The summed E-state index contributed by atoms with van der Waals surface area (Å²) < 4.78 is 5.24. The van der Waals surface area contributed by atoms with E-state index in [-0.39, 0.29) is 6.10 Å². The lowest BCUT2D eigenvalue weighted by atomic mass is 10.0. The van der Waals surface area contributed by atoms with Gasteiger partial charge in [0, 0.05) is 38.5 Å². The Bertz CT molecular complexity index is 383. The van der Waals surface area contributed by atoms with E-state index in [4.69, 9.17) is 4.74 Å². The molecule has 1 aromatic rings. The summed E-state index contributed by atoms with van der Waals surface area (Å²) in [5.74, 6) is 0. The maximum absolute atomic E-state index is 10.7. The summed E-state index contributed by atoms with van der Waals surface area (Å²) in [6, 6.07) is 10.6. The van der Waals surface area contributed by atoms with Crippen LogP contribution in [0.1, 0.15) is 12.0 Å². The van der Waals surface area contributed by atoms with Crippen molar-refractivity contribution in [1.82, 2.24) is 10.2 Å². The molecule has 2 unspecified atom stereocenters. The van der Waals surface area contributed by atoms with E-state index in [2.05, 4.69) is 29.4 Å². The van der Waals surface area contributed by atoms with E-state index in [1.807, 2.05) is 18.2 Å². The van der Waals surface area contributed by atoms with Gasteiger partial charge < -0.3 is 15.0 Å². The molecule has 4 nitrogen and oxygen atoms in total. The Kier molecular flexibility index (Phi) is 5.36. The zero-order chi connectivity index (χ0) is 13.5. The van der Waals surface area contributed by atoms with Crippen LogP contribution >= 0.6 is 0 Å². The Labute approximate surface area is 114 Å². The van der Waals surface area contributed by atoms with Gasteiger partial charge in [-0.25, -0.2) is 0 Å². The number of ether oxygens (including phenoxy) is 1. The van der Waals surface area contributed by atoms with E-state index in [0.717, 1.165) is 32.5 Å². The van der Waals surface area contributed by atoms with Gasteiger partial charge in [0.1, 0.15) is 6.10 Å². The highest BCUT2D eigenvalue weighted by atomic mass is 16.5. The zero-order valence-corrected chi connectivity index (χ0v) is 11.4. The predicted octanol–water partition coefficient (Wildman–Crippen LogP) is 1.06. The van der Waals surface area contributed by atoms with Crippen molar-refractivity contribution in [2.45, 2.75) is 25.0 Å². The summed E-state index contributed by atoms with van der Waals surface area (Å²) in [6.45, 7) is 3.66. The highest BCUT2D eigenvalue weighted by Gasteiger charge is 2.21. The minimum absolute atomic E-state index is 0.0519. The van der Waals surface area contributed by atoms with Crippen molar-refractivity contribution in [3.8, 4) is 0 Å². The van der Waals surface area contributed by atoms with Crippen molar-refractivity contribution in [1.29, 1.82) is 0 Å². The Hall–Kier alpha value is -1.39. The molecule has 0 radical (unpaired) electrons. The molecule has 1 aliphatic rings. The number of rotatable bonds is 6. The number of nitrogens with one attached hydrogen (secondary N) is 1. The average Bonchev–Trinajstić information content (AvgIpc) is 2.40. The van der Waals surface area contributed by atoms with E-state index in [1.165, 1.54) is 5.56 Å². The van der Waals surface area contributed by atoms with Crippen molar-refractivity contribution in [2.24, 2.45) is 0 Å². The quantitative estimate of drug-likeness (QED) is 0.779. The molecule has 1 fully saturated rings. The van der Waals surface area contributed by atoms with Gasteiger partial charge >= 0.3 is 0 Å². The van der Waals surface area contributed by atoms with Crippen LogP contribution in [0.15, 0.2) is 30.3 Å². The first-order valence-electron chi connectivity index (χ1n) is 6.83. The van der Waals surface area contributed by atoms with Crippen LogP contribution in [0, 0.1) is 0 Å². The summed E-state index contributed by atoms with van der Waals surface area (Å²) in [7, 11) is 2.13. The molecular weight excluding hydrogens is 240 g/mol. The molecule has 1 aromatic carbocycles. The van der Waals surface area contributed by atoms with Crippen LogP contribution in [0.2, 0.25) is 0 Å². The first-order valence-corrected chi connectivity index (χ1v) is 6.83. The smallest absolute Gasteiger partial charge is 0.293 e. The summed E-state index contributed by atoms with van der Waals surface area (Å²) in [5.41, 5.74) is 1.21. The average molecular weight is 262 g/mol. The Morgan fingerprint density at radius 2 is 2.26 bits per heavy atom. The summed E-state index contributed by atoms with van der Waals surface area (Å²) in [6.07, 6.45) is 1.59. The highest BCUT2D eigenvalue weighted by molar-refractivity contribution is 5.37. The zero-order valence-electron chi connectivity index (χ0n) is 11.4. The van der Waals surface area contributed by atoms with Crippen LogP contribution in [0.5, 0.6) is 0 Å². The third kappa shape index (κ3) is 4.65. The first kappa shape index (κ1) is 14.0. The summed E-state index contributed by atoms with van der Waals surface area (Å²) >= 11 is 0. The van der Waals surface area contributed by atoms with E-state index in [1.54, 1.807) is 0 Å². The lowest BCUT2D eigenvalue weighted by Crippen LogP contribution is -2.50. The molecule has 2 rings (SSSR count). The van der Waals surface area contributed by atoms with Gasteiger partial charge in [-0.3, -0.25) is 4.79 Å². The van der Waals surface area contributed by atoms with E-state index >= 15 is 0 Å². The molecule has 1 saturated heterocycles. The van der Waals surface area contributed by atoms with Crippen LogP contribution in [0.25, 0.3) is 0 Å². The fraction of sp³-hybridized carbons (Fsp3) is 0.533. The second-order valence-electron chi connectivity index (χ2n) is 5.19. The number of carbonyl (C=O) groups is 1. The molecular formula is C15H22N2O2. The van der Waals surface area contributed by atoms with E-state index in [9.17, 15) is 4.79 Å². The number of benzene rings is 1. The SMILES string of the molecule is CN1CCNC(CC(Cc2ccccc2)OC=O)C1. The van der Waals surface area contributed by atoms with Crippen LogP contribution < -0.4 is 5.32 Å². The molecule has 19 heavy (non-hydrogen) atoms. The summed E-state index contributed by atoms with van der Waals surface area (Å²) in [4.78, 5) is 13.0. The Morgan fingerprint density at radius 1 is 1.47 bits per heavy atom. The van der Waals surface area contributed by atoms with Gasteiger partial charge in [-0.2, -0.15) is 0 Å². The van der Waals surface area contributed by atoms with Crippen LogP contribution in [0.3, 0.4) is 0 Å². The lowest BCUT2D eigenvalue weighted by molar-refractivity contribution is -0.134. The number of hydrogen-bond acceptors (Lipinski definition) is 4. The minimum Gasteiger partial charge on any atom is -0.464 e. The molecule has 0 amide bonds. The maximum atomic E-state index is 10.7. The number of carbonyl (C=O) groups excluding carboxylic acids is 1. The second-order valence-corrected chi connectivity index (χ2v) is 5.19. The number of piperazine rings is 1. The van der Waals surface area contributed by atoms with E-state index < -0.39 is 0 Å². The molecule has 2 atom stereocenters. The van der Waals surface area contributed by atoms with Gasteiger partial charge in [0.15, 0.2) is 0 Å². The van der Waals surface area contributed by atoms with E-state index in [0.29, 0.717) is 12.5 Å². The molecule has 0 saturated carbocycles. The van der Waals surface area contributed by atoms with Crippen molar-refractivity contribution >= 4 is 6.47 Å². The normalized spacial score (nSPS) is 21.8. The molecule has 104 valence electrons. The lowest BCUT2D eigenvalue weighted by Gasteiger charge is -2.32.